The Bertz CT molecular complexity index is 926. The third kappa shape index (κ3) is 5.08. The third-order valence-electron chi connectivity index (χ3n) is 3.77. The van der Waals surface area contributed by atoms with E-state index in [1.807, 2.05) is 12.1 Å². The number of carbonyl (C=O) groups is 1. The second-order valence-corrected chi connectivity index (χ2v) is 7.40. The molecule has 0 unspecified atom stereocenters. The summed E-state index contributed by atoms with van der Waals surface area (Å²) in [5.41, 5.74) is 2.19. The fraction of sp³-hybridized carbons (Fsp3) is 0.263. The molecule has 0 aliphatic rings. The van der Waals surface area contributed by atoms with Gasteiger partial charge in [0.05, 0.1) is 10.8 Å². The number of thioether (sulfide) groups is 1. The maximum Gasteiger partial charge on any atom is 0.236 e. The fourth-order valence-electron chi connectivity index (χ4n) is 2.58. The fourth-order valence-corrected chi connectivity index (χ4v) is 3.45. The molecule has 3 rings (SSSR count). The van der Waals surface area contributed by atoms with Crippen molar-refractivity contribution in [3.05, 3.63) is 53.2 Å². The van der Waals surface area contributed by atoms with Crippen LogP contribution in [0.5, 0.6) is 0 Å². The number of aryl methyl sites for hydroxylation is 1. The molecular weight excluding hydrogens is 382 g/mol. The molecule has 2 heterocycles. The predicted molar refractivity (Wildman–Crippen MR) is 109 cm³/mol. The number of nitrogens with zero attached hydrogens (tertiary/aromatic N) is 4. The molecule has 0 atom stereocenters. The lowest BCUT2D eigenvalue weighted by Crippen LogP contribution is -2.15. The van der Waals surface area contributed by atoms with Gasteiger partial charge >= 0.3 is 0 Å². The summed E-state index contributed by atoms with van der Waals surface area (Å²) in [6.07, 6.45) is 2.45. The Balaban J connectivity index is 1.71. The number of aromatic nitrogens is 4. The Morgan fingerprint density at radius 3 is 2.81 bits per heavy atom. The quantitative estimate of drug-likeness (QED) is 0.592. The van der Waals surface area contributed by atoms with E-state index >= 15 is 0 Å². The molecule has 1 amide bonds. The van der Waals surface area contributed by atoms with Crippen LogP contribution in [0.3, 0.4) is 0 Å². The van der Waals surface area contributed by atoms with Gasteiger partial charge in [-0.3, -0.25) is 4.79 Å². The molecule has 6 nitrogen and oxygen atoms in total. The van der Waals surface area contributed by atoms with Crippen LogP contribution in [0, 0.1) is 6.92 Å². The van der Waals surface area contributed by atoms with Crippen molar-refractivity contribution in [3.8, 4) is 11.4 Å². The summed E-state index contributed by atoms with van der Waals surface area (Å²) in [7, 11) is 0. The highest BCUT2D eigenvalue weighted by Crippen LogP contribution is 2.25. The summed E-state index contributed by atoms with van der Waals surface area (Å²) >= 11 is 7.16. The maximum absolute atomic E-state index is 12.2. The summed E-state index contributed by atoms with van der Waals surface area (Å²) in [6.45, 7) is 4.95. The molecule has 27 heavy (non-hydrogen) atoms. The Morgan fingerprint density at radius 1 is 1.26 bits per heavy atom. The number of carbonyl (C=O) groups excluding carboxylic acids is 1. The monoisotopic (exact) mass is 401 g/mol. The number of pyridine rings is 1. The maximum atomic E-state index is 12.2. The van der Waals surface area contributed by atoms with Gasteiger partial charge in [-0.05, 0) is 31.5 Å². The third-order valence-corrected chi connectivity index (χ3v) is 4.96. The highest BCUT2D eigenvalue weighted by molar-refractivity contribution is 7.99. The van der Waals surface area contributed by atoms with Gasteiger partial charge < -0.3 is 9.88 Å². The Morgan fingerprint density at radius 2 is 2.11 bits per heavy atom. The number of rotatable bonds is 7. The molecule has 0 bridgehead atoms. The average molecular weight is 402 g/mol. The van der Waals surface area contributed by atoms with Gasteiger partial charge in [0.25, 0.3) is 0 Å². The largest absolute Gasteiger partial charge is 0.310 e. The van der Waals surface area contributed by atoms with Crippen LogP contribution in [0.4, 0.5) is 5.82 Å². The van der Waals surface area contributed by atoms with E-state index in [9.17, 15) is 4.79 Å². The summed E-state index contributed by atoms with van der Waals surface area (Å²) in [5, 5.41) is 12.7. The van der Waals surface area contributed by atoms with E-state index in [1.54, 1.807) is 12.1 Å². The molecule has 3 aromatic rings. The van der Waals surface area contributed by atoms with Crippen LogP contribution in [0.15, 0.2) is 47.8 Å². The van der Waals surface area contributed by atoms with Crippen LogP contribution in [0.1, 0.15) is 18.9 Å². The van der Waals surface area contributed by atoms with Gasteiger partial charge in [0, 0.05) is 18.3 Å². The molecule has 0 saturated carbocycles. The van der Waals surface area contributed by atoms with Gasteiger partial charge in [0.2, 0.25) is 5.91 Å². The van der Waals surface area contributed by atoms with Crippen molar-refractivity contribution in [2.75, 3.05) is 11.1 Å². The van der Waals surface area contributed by atoms with Crippen LogP contribution < -0.4 is 5.32 Å². The zero-order valence-electron chi connectivity index (χ0n) is 15.1. The Labute approximate surface area is 167 Å². The molecule has 8 heteroatoms. The molecule has 0 aliphatic carbocycles. The molecule has 1 aromatic carbocycles. The van der Waals surface area contributed by atoms with Crippen molar-refractivity contribution in [1.29, 1.82) is 0 Å². The van der Waals surface area contributed by atoms with Crippen LogP contribution in [0.25, 0.3) is 11.4 Å². The Hall–Kier alpha value is -2.38. The van der Waals surface area contributed by atoms with Crippen molar-refractivity contribution in [2.45, 2.75) is 32.0 Å². The zero-order valence-corrected chi connectivity index (χ0v) is 16.7. The normalized spacial score (nSPS) is 10.8. The highest BCUT2D eigenvalue weighted by Gasteiger charge is 2.15. The first-order valence-electron chi connectivity index (χ1n) is 8.61. The molecule has 0 radical (unpaired) electrons. The Kier molecular flexibility index (Phi) is 6.47. The van der Waals surface area contributed by atoms with Crippen LogP contribution in [0.2, 0.25) is 5.02 Å². The van der Waals surface area contributed by atoms with E-state index in [1.165, 1.54) is 23.5 Å². The van der Waals surface area contributed by atoms with Crippen LogP contribution in [-0.4, -0.2) is 31.4 Å². The minimum absolute atomic E-state index is 0.155. The predicted octanol–water partition coefficient (Wildman–Crippen LogP) is 4.44. The van der Waals surface area contributed by atoms with Crippen molar-refractivity contribution in [1.82, 2.24) is 19.7 Å². The van der Waals surface area contributed by atoms with Gasteiger partial charge in [0.1, 0.15) is 5.82 Å². The molecule has 0 saturated heterocycles. The van der Waals surface area contributed by atoms with Crippen LogP contribution >= 0.6 is 23.4 Å². The van der Waals surface area contributed by atoms with Gasteiger partial charge in [-0.25, -0.2) is 4.98 Å². The number of benzene rings is 1. The van der Waals surface area contributed by atoms with Crippen molar-refractivity contribution >= 4 is 35.1 Å². The van der Waals surface area contributed by atoms with E-state index < -0.39 is 0 Å². The lowest BCUT2D eigenvalue weighted by molar-refractivity contribution is -0.113. The number of hydrogen-bond acceptors (Lipinski definition) is 5. The second kappa shape index (κ2) is 9.01. The van der Waals surface area contributed by atoms with Gasteiger partial charge in [-0.1, -0.05) is 54.0 Å². The van der Waals surface area contributed by atoms with Crippen molar-refractivity contribution in [3.63, 3.8) is 0 Å². The lowest BCUT2D eigenvalue weighted by atomic mass is 10.1. The van der Waals surface area contributed by atoms with E-state index in [4.69, 9.17) is 11.6 Å². The van der Waals surface area contributed by atoms with Gasteiger partial charge in [-0.15, -0.1) is 10.2 Å². The lowest BCUT2D eigenvalue weighted by Gasteiger charge is -2.09. The standard InChI is InChI=1S/C19H20ClN5OS/c1-3-9-25-18(14-6-4-5-13(2)10-14)23-24-19(25)27-12-17(26)22-16-8-7-15(20)11-21-16/h4-8,10-11H,3,9,12H2,1-2H3,(H,21,22,26). The highest BCUT2D eigenvalue weighted by atomic mass is 35.5. The minimum Gasteiger partial charge on any atom is -0.310 e. The van der Waals surface area contributed by atoms with Gasteiger partial charge in [-0.2, -0.15) is 0 Å². The second-order valence-electron chi connectivity index (χ2n) is 6.03. The van der Waals surface area contributed by atoms with Crippen LogP contribution in [-0.2, 0) is 11.3 Å². The van der Waals surface area contributed by atoms with Crippen molar-refractivity contribution in [2.24, 2.45) is 0 Å². The molecular formula is C19H20ClN5OS. The number of nitrogens with one attached hydrogen (secondary N) is 1. The smallest absolute Gasteiger partial charge is 0.236 e. The molecule has 1 N–H and O–H groups in total. The van der Waals surface area contributed by atoms with E-state index in [0.29, 0.717) is 10.8 Å². The van der Waals surface area contributed by atoms with E-state index in [2.05, 4.69) is 51.0 Å². The van der Waals surface area contributed by atoms with E-state index in [0.717, 1.165) is 29.5 Å². The van der Waals surface area contributed by atoms with E-state index in [-0.39, 0.29) is 11.7 Å². The number of amides is 1. The first-order valence-corrected chi connectivity index (χ1v) is 9.97. The van der Waals surface area contributed by atoms with Crippen molar-refractivity contribution < 1.29 is 4.79 Å². The molecule has 2 aromatic heterocycles. The number of hydrogen-bond donors (Lipinski definition) is 1. The molecule has 0 spiro atoms. The molecule has 140 valence electrons. The first kappa shape index (κ1) is 19.4. The molecule has 0 fully saturated rings. The number of halogens is 1. The minimum atomic E-state index is -0.155. The summed E-state index contributed by atoms with van der Waals surface area (Å²) in [5.74, 6) is 1.36. The zero-order chi connectivity index (χ0) is 19.2. The first-order chi connectivity index (χ1) is 13.1. The summed E-state index contributed by atoms with van der Waals surface area (Å²) in [4.78, 5) is 16.3. The SMILES string of the molecule is CCCn1c(SCC(=O)Nc2ccc(Cl)cn2)nnc1-c1cccc(C)c1. The summed E-state index contributed by atoms with van der Waals surface area (Å²) < 4.78 is 2.06. The topological polar surface area (TPSA) is 72.7 Å². The molecule has 0 aliphatic heterocycles. The summed E-state index contributed by atoms with van der Waals surface area (Å²) in [6, 6.07) is 11.5. The number of anilines is 1. The van der Waals surface area contributed by atoms with Gasteiger partial charge in [0.15, 0.2) is 11.0 Å². The average Bonchev–Trinajstić information content (AvgIpc) is 3.05.